The molecule has 0 saturated heterocycles. The van der Waals surface area contributed by atoms with Gasteiger partial charge in [0.2, 0.25) is 0 Å². The van der Waals surface area contributed by atoms with Crippen LogP contribution in [0.25, 0.3) is 0 Å². The Morgan fingerprint density at radius 2 is 1.38 bits per heavy atom. The van der Waals surface area contributed by atoms with Gasteiger partial charge in [-0.05, 0) is 13.8 Å². The number of hydrogen-bond acceptors (Lipinski definition) is 2. The Kier molecular flexibility index (Phi) is 6.76. The average molecular weight is 152 g/mol. The van der Waals surface area contributed by atoms with Gasteiger partial charge in [0.05, 0.1) is 6.42 Å². The van der Waals surface area contributed by atoms with Gasteiger partial charge in [0.15, 0.2) is 0 Å². The van der Waals surface area contributed by atoms with Crippen molar-refractivity contribution in [1.82, 2.24) is 0 Å². The van der Waals surface area contributed by atoms with Crippen molar-refractivity contribution in [3.8, 4) is 0 Å². The van der Waals surface area contributed by atoms with Crippen LogP contribution in [0, 0.1) is 0 Å². The molecule has 0 aromatic heterocycles. The maximum Gasteiger partial charge on any atom is 3.00 e. The molecule has 0 bridgehead atoms. The minimum absolute atomic E-state index is 0. The smallest absolute Gasteiger partial charge is 0.300 e. The molecular formula is C5H8CrO2+3. The molecule has 0 rings (SSSR count). The van der Waals surface area contributed by atoms with Crippen LogP contribution in [0.4, 0.5) is 0 Å². The van der Waals surface area contributed by atoms with Gasteiger partial charge in [-0.2, -0.15) is 0 Å². The summed E-state index contributed by atoms with van der Waals surface area (Å²) < 4.78 is 0. The van der Waals surface area contributed by atoms with Crippen molar-refractivity contribution in [3.63, 3.8) is 0 Å². The van der Waals surface area contributed by atoms with Crippen LogP contribution in [0.15, 0.2) is 0 Å². The maximum atomic E-state index is 10.0. The molecule has 0 aliphatic carbocycles. The number of carbonyl (C=O) groups is 2. The Balaban J connectivity index is 0. The van der Waals surface area contributed by atoms with Crippen LogP contribution in [0.1, 0.15) is 20.3 Å². The van der Waals surface area contributed by atoms with Gasteiger partial charge in [-0.15, -0.1) is 0 Å². The normalized spacial score (nSPS) is 7.25. The Morgan fingerprint density at radius 3 is 1.38 bits per heavy atom. The van der Waals surface area contributed by atoms with Crippen LogP contribution in [0.2, 0.25) is 0 Å². The third-order valence-corrected chi connectivity index (χ3v) is 0.498. The summed E-state index contributed by atoms with van der Waals surface area (Å²) in [5, 5.41) is 0. The first-order valence-corrected chi connectivity index (χ1v) is 2.12. The minimum atomic E-state index is -0.0625. The standard InChI is InChI=1S/C5H8O2.Cr/c1-4(6)3-5(2)7;/h3H2,1-2H3;/q;+3. The van der Waals surface area contributed by atoms with Gasteiger partial charge in [0.1, 0.15) is 11.6 Å². The van der Waals surface area contributed by atoms with Gasteiger partial charge in [-0.1, -0.05) is 0 Å². The van der Waals surface area contributed by atoms with Crippen molar-refractivity contribution >= 4 is 11.6 Å². The molecule has 8 heavy (non-hydrogen) atoms. The van der Waals surface area contributed by atoms with E-state index in [-0.39, 0.29) is 35.3 Å². The van der Waals surface area contributed by atoms with Crippen molar-refractivity contribution < 1.29 is 27.0 Å². The molecule has 0 aliphatic heterocycles. The van der Waals surface area contributed by atoms with E-state index in [0.717, 1.165) is 0 Å². The fraction of sp³-hybridized carbons (Fsp3) is 0.600. The van der Waals surface area contributed by atoms with E-state index in [1.807, 2.05) is 0 Å². The monoisotopic (exact) mass is 152 g/mol. The van der Waals surface area contributed by atoms with Gasteiger partial charge in [0, 0.05) is 0 Å². The summed E-state index contributed by atoms with van der Waals surface area (Å²) in [5.41, 5.74) is 0. The van der Waals surface area contributed by atoms with Crippen LogP contribution in [0.3, 0.4) is 0 Å². The third kappa shape index (κ3) is 9.30. The molecule has 0 aromatic carbocycles. The predicted octanol–water partition coefficient (Wildman–Crippen LogP) is 0.552. The summed E-state index contributed by atoms with van der Waals surface area (Å²) in [7, 11) is 0. The zero-order valence-corrected chi connectivity index (χ0v) is 6.21. The molecule has 0 heterocycles. The molecule has 0 unspecified atom stereocenters. The second-order valence-electron chi connectivity index (χ2n) is 1.58. The number of carbonyl (C=O) groups excluding carboxylic acids is 2. The number of rotatable bonds is 2. The maximum absolute atomic E-state index is 10.0. The van der Waals surface area contributed by atoms with Crippen molar-refractivity contribution in [2.24, 2.45) is 0 Å². The first-order chi connectivity index (χ1) is 3.13. The molecular weight excluding hydrogens is 144 g/mol. The van der Waals surface area contributed by atoms with Gasteiger partial charge in [0.25, 0.3) is 0 Å². The molecule has 43 valence electrons. The SMILES string of the molecule is CC(=O)CC(C)=O.[Cr+3]. The Labute approximate surface area is 59.4 Å². The molecule has 0 atom stereocenters. The molecule has 0 fully saturated rings. The van der Waals surface area contributed by atoms with E-state index in [9.17, 15) is 9.59 Å². The molecule has 1 radical (unpaired) electrons. The molecule has 2 nitrogen and oxygen atoms in total. The summed E-state index contributed by atoms with van der Waals surface area (Å²) in [5.74, 6) is -0.125. The van der Waals surface area contributed by atoms with E-state index < -0.39 is 0 Å². The van der Waals surface area contributed by atoms with E-state index in [2.05, 4.69) is 0 Å². The zero-order chi connectivity index (χ0) is 5.86. The van der Waals surface area contributed by atoms with E-state index in [1.165, 1.54) is 13.8 Å². The van der Waals surface area contributed by atoms with Gasteiger partial charge in [-0.25, -0.2) is 0 Å². The van der Waals surface area contributed by atoms with Gasteiger partial charge >= 0.3 is 17.4 Å². The topological polar surface area (TPSA) is 34.1 Å². The first kappa shape index (κ1) is 10.8. The van der Waals surface area contributed by atoms with E-state index in [0.29, 0.717) is 0 Å². The second kappa shape index (κ2) is 5.02. The molecule has 0 aliphatic rings. The summed E-state index contributed by atoms with van der Waals surface area (Å²) in [6, 6.07) is 0. The Hall–Kier alpha value is -0.128. The molecule has 0 N–H and O–H groups in total. The molecule has 0 amide bonds. The predicted molar refractivity (Wildman–Crippen MR) is 26.0 cm³/mol. The average Bonchev–Trinajstić information content (AvgIpc) is 1.27. The summed E-state index contributed by atoms with van der Waals surface area (Å²) in [4.78, 5) is 20.1. The van der Waals surface area contributed by atoms with E-state index >= 15 is 0 Å². The Bertz CT molecular complexity index is 86.6. The third-order valence-electron chi connectivity index (χ3n) is 0.498. The number of ketones is 2. The Morgan fingerprint density at radius 1 is 1.12 bits per heavy atom. The van der Waals surface area contributed by atoms with Crippen LogP contribution in [-0.4, -0.2) is 11.6 Å². The first-order valence-electron chi connectivity index (χ1n) is 2.12. The number of Topliss-reactive ketones (excluding diaryl/α,β-unsaturated/α-hetero) is 2. The van der Waals surface area contributed by atoms with E-state index in [4.69, 9.17) is 0 Å². The van der Waals surface area contributed by atoms with Crippen molar-refractivity contribution in [3.05, 3.63) is 0 Å². The largest absolute Gasteiger partial charge is 3.00 e. The van der Waals surface area contributed by atoms with Gasteiger partial charge in [-0.3, -0.25) is 9.59 Å². The summed E-state index contributed by atoms with van der Waals surface area (Å²) >= 11 is 0. The van der Waals surface area contributed by atoms with Crippen molar-refractivity contribution in [1.29, 1.82) is 0 Å². The second-order valence-corrected chi connectivity index (χ2v) is 1.58. The van der Waals surface area contributed by atoms with Crippen LogP contribution >= 0.6 is 0 Å². The molecule has 0 saturated carbocycles. The molecule has 0 aromatic rings. The van der Waals surface area contributed by atoms with Crippen molar-refractivity contribution in [2.45, 2.75) is 20.3 Å². The fourth-order valence-electron chi connectivity index (χ4n) is 0.351. The summed E-state index contributed by atoms with van der Waals surface area (Å²) in [6.07, 6.45) is 0.0833. The molecule has 3 heteroatoms. The fourth-order valence-corrected chi connectivity index (χ4v) is 0.351. The van der Waals surface area contributed by atoms with Crippen molar-refractivity contribution in [2.75, 3.05) is 0 Å². The van der Waals surface area contributed by atoms with Crippen LogP contribution in [-0.2, 0) is 27.0 Å². The van der Waals surface area contributed by atoms with Crippen LogP contribution < -0.4 is 0 Å². The van der Waals surface area contributed by atoms with Gasteiger partial charge < -0.3 is 0 Å². The molecule has 0 spiro atoms. The minimum Gasteiger partial charge on any atom is -0.300 e. The van der Waals surface area contributed by atoms with E-state index in [1.54, 1.807) is 0 Å². The van der Waals surface area contributed by atoms with Crippen LogP contribution in [0.5, 0.6) is 0 Å². The summed E-state index contributed by atoms with van der Waals surface area (Å²) in [6.45, 7) is 2.81. The quantitative estimate of drug-likeness (QED) is 0.541. The zero-order valence-electron chi connectivity index (χ0n) is 4.93. The number of hydrogen-bond donors (Lipinski definition) is 0.